The molecule has 0 amide bonds. The fourth-order valence-corrected chi connectivity index (χ4v) is 2.52. The van der Waals surface area contributed by atoms with Gasteiger partial charge in [0, 0.05) is 38.3 Å². The van der Waals surface area contributed by atoms with Crippen LogP contribution < -0.4 is 0 Å². The minimum absolute atomic E-state index is 0.948. The third-order valence-electron chi connectivity index (χ3n) is 3.56. The molecule has 4 heteroatoms. The number of rotatable bonds is 4. The lowest BCUT2D eigenvalue weighted by atomic mass is 10.3. The Morgan fingerprint density at radius 3 is 2.74 bits per heavy atom. The van der Waals surface area contributed by atoms with Crippen molar-refractivity contribution in [3.8, 4) is 0 Å². The molecule has 98 valence electrons. The molecule has 0 N–H and O–H groups in total. The molecule has 2 heterocycles. The lowest BCUT2D eigenvalue weighted by molar-refractivity contribution is 0.627. The van der Waals surface area contributed by atoms with E-state index >= 15 is 0 Å². The second-order valence-electron chi connectivity index (χ2n) is 4.72. The standard InChI is InChI=1S/C15H18N4/c1-3-15-17-13-6-4-5-7-14(13)19(15)11-9-12-8-10-16-18(12)2/h4-8,10H,3,9,11H2,1-2H3. The number of hydrogen-bond acceptors (Lipinski definition) is 2. The molecule has 3 aromatic rings. The van der Waals surface area contributed by atoms with Crippen LogP contribution >= 0.6 is 0 Å². The smallest absolute Gasteiger partial charge is 0.109 e. The largest absolute Gasteiger partial charge is 0.328 e. The van der Waals surface area contributed by atoms with Gasteiger partial charge in [-0.25, -0.2) is 4.98 Å². The Morgan fingerprint density at radius 1 is 1.16 bits per heavy atom. The molecule has 1 aromatic carbocycles. The molecule has 2 aromatic heterocycles. The number of imidazole rings is 1. The van der Waals surface area contributed by atoms with E-state index in [2.05, 4.69) is 40.9 Å². The molecule has 3 rings (SSSR count). The summed E-state index contributed by atoms with van der Waals surface area (Å²) in [4.78, 5) is 4.69. The highest BCUT2D eigenvalue weighted by Crippen LogP contribution is 2.17. The molecule has 0 saturated carbocycles. The van der Waals surface area contributed by atoms with Crippen molar-refractivity contribution in [2.45, 2.75) is 26.3 Å². The zero-order valence-corrected chi connectivity index (χ0v) is 11.4. The summed E-state index contributed by atoms with van der Waals surface area (Å²) in [6.07, 6.45) is 3.78. The molecule has 0 spiro atoms. The minimum Gasteiger partial charge on any atom is -0.328 e. The van der Waals surface area contributed by atoms with E-state index in [9.17, 15) is 0 Å². The van der Waals surface area contributed by atoms with E-state index in [1.54, 1.807) is 0 Å². The highest BCUT2D eigenvalue weighted by Gasteiger charge is 2.09. The van der Waals surface area contributed by atoms with Gasteiger partial charge in [-0.1, -0.05) is 19.1 Å². The van der Waals surface area contributed by atoms with Gasteiger partial charge in [0.05, 0.1) is 11.0 Å². The lowest BCUT2D eigenvalue weighted by Gasteiger charge is -2.08. The van der Waals surface area contributed by atoms with Gasteiger partial charge in [0.1, 0.15) is 5.82 Å². The van der Waals surface area contributed by atoms with Crippen LogP contribution in [0.2, 0.25) is 0 Å². The van der Waals surface area contributed by atoms with Crippen LogP contribution in [0.5, 0.6) is 0 Å². The quantitative estimate of drug-likeness (QED) is 0.717. The van der Waals surface area contributed by atoms with Crippen LogP contribution in [0.3, 0.4) is 0 Å². The summed E-state index contributed by atoms with van der Waals surface area (Å²) in [5.41, 5.74) is 3.56. The fraction of sp³-hybridized carbons (Fsp3) is 0.333. The number of aromatic nitrogens is 4. The first-order valence-electron chi connectivity index (χ1n) is 6.70. The molecule has 0 fully saturated rings. The molecule has 0 radical (unpaired) electrons. The Balaban J connectivity index is 1.93. The number of hydrogen-bond donors (Lipinski definition) is 0. The average Bonchev–Trinajstić information content (AvgIpc) is 2.99. The normalized spacial score (nSPS) is 11.3. The Kier molecular flexibility index (Phi) is 3.07. The third-order valence-corrected chi connectivity index (χ3v) is 3.56. The van der Waals surface area contributed by atoms with E-state index in [4.69, 9.17) is 4.98 Å². The van der Waals surface area contributed by atoms with E-state index in [1.807, 2.05) is 24.0 Å². The summed E-state index contributed by atoms with van der Waals surface area (Å²) in [6.45, 7) is 3.10. The number of nitrogens with zero attached hydrogens (tertiary/aromatic N) is 4. The second kappa shape index (κ2) is 4.88. The maximum absolute atomic E-state index is 4.69. The molecule has 19 heavy (non-hydrogen) atoms. The first-order valence-corrected chi connectivity index (χ1v) is 6.70. The van der Waals surface area contributed by atoms with Crippen LogP contribution in [0.4, 0.5) is 0 Å². The van der Waals surface area contributed by atoms with Crippen LogP contribution in [-0.4, -0.2) is 19.3 Å². The Bertz CT molecular complexity index is 693. The van der Waals surface area contributed by atoms with Crippen molar-refractivity contribution in [3.63, 3.8) is 0 Å². The van der Waals surface area contributed by atoms with Gasteiger partial charge in [-0.05, 0) is 18.2 Å². The van der Waals surface area contributed by atoms with Crippen LogP contribution in [-0.2, 0) is 26.4 Å². The van der Waals surface area contributed by atoms with Gasteiger partial charge in [-0.15, -0.1) is 0 Å². The van der Waals surface area contributed by atoms with Crippen molar-refractivity contribution in [2.24, 2.45) is 7.05 Å². The van der Waals surface area contributed by atoms with Crippen LogP contribution in [0, 0.1) is 0 Å². The number of benzene rings is 1. The van der Waals surface area contributed by atoms with Gasteiger partial charge >= 0.3 is 0 Å². The van der Waals surface area contributed by atoms with E-state index < -0.39 is 0 Å². The molecule has 0 aliphatic rings. The Labute approximate surface area is 112 Å². The van der Waals surface area contributed by atoms with Gasteiger partial charge in [0.25, 0.3) is 0 Å². The predicted octanol–water partition coefficient (Wildman–Crippen LogP) is 2.57. The molecule has 0 aliphatic carbocycles. The molecule has 0 aliphatic heterocycles. The first-order chi connectivity index (χ1) is 9.29. The molecular formula is C15H18N4. The molecule has 0 unspecified atom stereocenters. The van der Waals surface area contributed by atoms with Crippen LogP contribution in [0.1, 0.15) is 18.4 Å². The summed E-state index contributed by atoms with van der Waals surface area (Å²) in [7, 11) is 1.99. The van der Waals surface area contributed by atoms with Gasteiger partial charge in [0.2, 0.25) is 0 Å². The first kappa shape index (κ1) is 12.0. The Morgan fingerprint density at radius 2 is 2.00 bits per heavy atom. The van der Waals surface area contributed by atoms with Crippen molar-refractivity contribution in [1.82, 2.24) is 19.3 Å². The lowest BCUT2D eigenvalue weighted by Crippen LogP contribution is -2.08. The summed E-state index contributed by atoms with van der Waals surface area (Å²) in [5.74, 6) is 1.16. The van der Waals surface area contributed by atoms with Crippen LogP contribution in [0.25, 0.3) is 11.0 Å². The maximum Gasteiger partial charge on any atom is 0.109 e. The minimum atomic E-state index is 0.948. The monoisotopic (exact) mass is 254 g/mol. The summed E-state index contributed by atoms with van der Waals surface area (Å²) in [6, 6.07) is 10.4. The van der Waals surface area contributed by atoms with E-state index in [-0.39, 0.29) is 0 Å². The maximum atomic E-state index is 4.69. The highest BCUT2D eigenvalue weighted by atomic mass is 15.3. The van der Waals surface area contributed by atoms with E-state index in [0.717, 1.165) is 30.7 Å². The average molecular weight is 254 g/mol. The zero-order chi connectivity index (χ0) is 13.2. The SMILES string of the molecule is CCc1nc2ccccc2n1CCc1ccnn1C. The second-order valence-corrected chi connectivity index (χ2v) is 4.72. The molecule has 4 nitrogen and oxygen atoms in total. The number of aryl methyl sites for hydroxylation is 4. The van der Waals surface area contributed by atoms with Crippen molar-refractivity contribution >= 4 is 11.0 Å². The predicted molar refractivity (Wildman–Crippen MR) is 76.0 cm³/mol. The molecule has 0 saturated heterocycles. The van der Waals surface area contributed by atoms with E-state index in [0.29, 0.717) is 0 Å². The molecule has 0 bridgehead atoms. The molecular weight excluding hydrogens is 236 g/mol. The third kappa shape index (κ3) is 2.14. The summed E-state index contributed by atoms with van der Waals surface area (Å²) in [5, 5.41) is 4.21. The van der Waals surface area contributed by atoms with Crippen molar-refractivity contribution in [2.75, 3.05) is 0 Å². The van der Waals surface area contributed by atoms with Gasteiger partial charge in [-0.3, -0.25) is 4.68 Å². The summed E-state index contributed by atoms with van der Waals surface area (Å²) < 4.78 is 4.26. The van der Waals surface area contributed by atoms with Crippen molar-refractivity contribution < 1.29 is 0 Å². The van der Waals surface area contributed by atoms with Gasteiger partial charge in [0.15, 0.2) is 0 Å². The number of fused-ring (bicyclic) bond motifs is 1. The van der Waals surface area contributed by atoms with Crippen molar-refractivity contribution in [3.05, 3.63) is 48.0 Å². The molecule has 0 atom stereocenters. The topological polar surface area (TPSA) is 35.6 Å². The van der Waals surface area contributed by atoms with Crippen molar-refractivity contribution in [1.29, 1.82) is 0 Å². The fourth-order valence-electron chi connectivity index (χ4n) is 2.52. The summed E-state index contributed by atoms with van der Waals surface area (Å²) >= 11 is 0. The van der Waals surface area contributed by atoms with Crippen LogP contribution in [0.15, 0.2) is 36.5 Å². The highest BCUT2D eigenvalue weighted by molar-refractivity contribution is 5.75. The van der Waals surface area contributed by atoms with Gasteiger partial charge in [-0.2, -0.15) is 5.10 Å². The van der Waals surface area contributed by atoms with E-state index in [1.165, 1.54) is 11.2 Å². The zero-order valence-electron chi connectivity index (χ0n) is 11.4. The van der Waals surface area contributed by atoms with Gasteiger partial charge < -0.3 is 4.57 Å². The number of para-hydroxylation sites is 2. The Hall–Kier alpha value is -2.10.